The van der Waals surface area contributed by atoms with E-state index in [-0.39, 0.29) is 16.0 Å². The highest BCUT2D eigenvalue weighted by molar-refractivity contribution is 7.89. The van der Waals surface area contributed by atoms with Crippen molar-refractivity contribution in [2.45, 2.75) is 32.1 Å². The van der Waals surface area contributed by atoms with Gasteiger partial charge < -0.3 is 5.73 Å². The highest BCUT2D eigenvalue weighted by Crippen LogP contribution is 2.35. The van der Waals surface area contributed by atoms with Crippen LogP contribution in [-0.4, -0.2) is 37.3 Å². The molecule has 122 valence electrons. The summed E-state index contributed by atoms with van der Waals surface area (Å²) in [5, 5.41) is 10.9. The fraction of sp³-hybridized carbons (Fsp3) is 0.571. The molecular formula is C14H21N3O4S. The van der Waals surface area contributed by atoms with E-state index in [1.807, 2.05) is 6.92 Å². The Hall–Kier alpha value is -1.51. The summed E-state index contributed by atoms with van der Waals surface area (Å²) in [7, 11) is -3.67. The summed E-state index contributed by atoms with van der Waals surface area (Å²) in [6.45, 7) is 6.37. The Bertz CT molecular complexity index is 694. The molecule has 0 bridgehead atoms. The van der Waals surface area contributed by atoms with E-state index in [0.717, 1.165) is 0 Å². The Morgan fingerprint density at radius 1 is 1.36 bits per heavy atom. The van der Waals surface area contributed by atoms with Gasteiger partial charge >= 0.3 is 0 Å². The lowest BCUT2D eigenvalue weighted by atomic mass is 9.90. The number of nitrogens with zero attached hydrogens (tertiary/aromatic N) is 2. The van der Waals surface area contributed by atoms with E-state index in [0.29, 0.717) is 37.2 Å². The Morgan fingerprint density at radius 2 is 1.91 bits per heavy atom. The fourth-order valence-corrected chi connectivity index (χ4v) is 4.92. The number of benzene rings is 1. The number of non-ortho nitro benzene ring substituents is 1. The highest BCUT2D eigenvalue weighted by atomic mass is 32.2. The van der Waals surface area contributed by atoms with Crippen LogP contribution in [0.25, 0.3) is 0 Å². The van der Waals surface area contributed by atoms with Crippen molar-refractivity contribution in [3.05, 3.63) is 33.4 Å². The molecule has 7 nitrogen and oxygen atoms in total. The van der Waals surface area contributed by atoms with Crippen molar-refractivity contribution in [2.75, 3.05) is 19.6 Å². The Kier molecular flexibility index (Phi) is 4.29. The largest absolute Gasteiger partial charge is 0.330 e. The molecule has 0 aliphatic carbocycles. The van der Waals surface area contributed by atoms with Crippen molar-refractivity contribution in [1.29, 1.82) is 0 Å². The van der Waals surface area contributed by atoms with Crippen molar-refractivity contribution in [3.8, 4) is 0 Å². The van der Waals surface area contributed by atoms with E-state index in [1.54, 1.807) is 13.8 Å². The van der Waals surface area contributed by atoms with E-state index in [2.05, 4.69) is 0 Å². The Balaban J connectivity index is 2.45. The quantitative estimate of drug-likeness (QED) is 0.667. The molecule has 1 aliphatic heterocycles. The van der Waals surface area contributed by atoms with Crippen molar-refractivity contribution < 1.29 is 13.3 Å². The van der Waals surface area contributed by atoms with Crippen LogP contribution in [0.1, 0.15) is 24.5 Å². The molecule has 0 spiro atoms. The van der Waals surface area contributed by atoms with Crippen LogP contribution in [-0.2, 0) is 10.0 Å². The van der Waals surface area contributed by atoms with Gasteiger partial charge in [0.05, 0.1) is 9.82 Å². The number of hydrogen-bond donors (Lipinski definition) is 1. The van der Waals surface area contributed by atoms with E-state index in [4.69, 9.17) is 5.73 Å². The van der Waals surface area contributed by atoms with Crippen molar-refractivity contribution in [3.63, 3.8) is 0 Å². The summed E-state index contributed by atoms with van der Waals surface area (Å²) in [5.74, 6) is 0. The van der Waals surface area contributed by atoms with Crippen LogP contribution in [0.3, 0.4) is 0 Å². The number of rotatable bonds is 4. The molecule has 1 saturated heterocycles. The molecule has 0 radical (unpaired) electrons. The van der Waals surface area contributed by atoms with Gasteiger partial charge in [0.15, 0.2) is 0 Å². The lowest BCUT2D eigenvalue weighted by Crippen LogP contribution is -2.35. The first-order chi connectivity index (χ1) is 10.1. The second-order valence-corrected chi connectivity index (χ2v) is 8.14. The smallest absolute Gasteiger partial charge is 0.270 e. The number of hydrogen-bond acceptors (Lipinski definition) is 5. The van der Waals surface area contributed by atoms with Gasteiger partial charge in [-0.3, -0.25) is 10.1 Å². The molecule has 1 fully saturated rings. The van der Waals surface area contributed by atoms with Crippen LogP contribution < -0.4 is 5.73 Å². The van der Waals surface area contributed by atoms with Gasteiger partial charge in [-0.2, -0.15) is 4.31 Å². The van der Waals surface area contributed by atoms with Gasteiger partial charge in [-0.05, 0) is 43.4 Å². The summed E-state index contributed by atoms with van der Waals surface area (Å²) in [4.78, 5) is 10.5. The van der Waals surface area contributed by atoms with Crippen LogP contribution in [0, 0.1) is 29.4 Å². The van der Waals surface area contributed by atoms with Gasteiger partial charge in [0.1, 0.15) is 0 Å². The second-order valence-electron chi connectivity index (χ2n) is 6.27. The molecule has 1 aromatic carbocycles. The van der Waals surface area contributed by atoms with Crippen molar-refractivity contribution in [2.24, 2.45) is 11.1 Å². The second kappa shape index (κ2) is 5.60. The van der Waals surface area contributed by atoms with Gasteiger partial charge in [-0.25, -0.2) is 8.42 Å². The minimum absolute atomic E-state index is 0.0952. The standard InChI is InChI=1S/C14H21N3O4S/c1-10-6-12(17(18)19)7-11(2)13(10)22(20,21)16-5-4-14(3,8-15)9-16/h6-7H,4-5,8-9,15H2,1-3H3. The number of sulfonamides is 1. The zero-order valence-corrected chi connectivity index (χ0v) is 13.8. The highest BCUT2D eigenvalue weighted by Gasteiger charge is 2.40. The SMILES string of the molecule is Cc1cc([N+](=O)[O-])cc(C)c1S(=O)(=O)N1CCC(C)(CN)C1. The summed E-state index contributed by atoms with van der Waals surface area (Å²) < 4.78 is 27.2. The van der Waals surface area contributed by atoms with Crippen LogP contribution in [0.4, 0.5) is 5.69 Å². The molecular weight excluding hydrogens is 306 g/mol. The van der Waals surface area contributed by atoms with Gasteiger partial charge in [-0.15, -0.1) is 0 Å². The first-order valence-electron chi connectivity index (χ1n) is 7.06. The maximum Gasteiger partial charge on any atom is 0.270 e. The Labute approximate surface area is 130 Å². The van der Waals surface area contributed by atoms with E-state index in [9.17, 15) is 18.5 Å². The van der Waals surface area contributed by atoms with E-state index < -0.39 is 14.9 Å². The van der Waals surface area contributed by atoms with Gasteiger partial charge in [0, 0.05) is 25.2 Å². The maximum absolute atomic E-state index is 12.9. The third kappa shape index (κ3) is 2.86. The van der Waals surface area contributed by atoms with Gasteiger partial charge in [-0.1, -0.05) is 6.92 Å². The average molecular weight is 327 g/mol. The van der Waals surface area contributed by atoms with Crippen LogP contribution in [0.15, 0.2) is 17.0 Å². The molecule has 1 heterocycles. The van der Waals surface area contributed by atoms with Crippen LogP contribution >= 0.6 is 0 Å². The molecule has 1 aromatic rings. The molecule has 22 heavy (non-hydrogen) atoms. The normalized spacial score (nSPS) is 22.9. The lowest BCUT2D eigenvalue weighted by Gasteiger charge is -2.23. The zero-order valence-electron chi connectivity index (χ0n) is 13.0. The Morgan fingerprint density at radius 3 is 2.32 bits per heavy atom. The monoisotopic (exact) mass is 327 g/mol. The molecule has 2 rings (SSSR count). The van der Waals surface area contributed by atoms with E-state index in [1.165, 1.54) is 16.4 Å². The molecule has 0 amide bonds. The molecule has 1 aliphatic rings. The number of nitrogens with two attached hydrogens (primary N) is 1. The topological polar surface area (TPSA) is 107 Å². The van der Waals surface area contributed by atoms with Crippen molar-refractivity contribution in [1.82, 2.24) is 4.31 Å². The van der Waals surface area contributed by atoms with Crippen LogP contribution in [0.5, 0.6) is 0 Å². The predicted molar refractivity (Wildman–Crippen MR) is 83.1 cm³/mol. The lowest BCUT2D eigenvalue weighted by molar-refractivity contribution is -0.385. The summed E-state index contributed by atoms with van der Waals surface area (Å²) in [6.07, 6.45) is 0.716. The molecule has 2 N–H and O–H groups in total. The maximum atomic E-state index is 12.9. The third-order valence-corrected chi connectivity index (χ3v) is 6.42. The number of aryl methyl sites for hydroxylation is 2. The first-order valence-corrected chi connectivity index (χ1v) is 8.50. The van der Waals surface area contributed by atoms with Crippen molar-refractivity contribution >= 4 is 15.7 Å². The summed E-state index contributed by atoms with van der Waals surface area (Å²) >= 11 is 0. The fourth-order valence-electron chi connectivity index (χ4n) is 2.92. The van der Waals surface area contributed by atoms with E-state index >= 15 is 0 Å². The number of nitro benzene ring substituents is 1. The third-order valence-electron chi connectivity index (χ3n) is 4.27. The minimum Gasteiger partial charge on any atom is -0.330 e. The molecule has 1 atom stereocenters. The minimum atomic E-state index is -3.67. The van der Waals surface area contributed by atoms with Gasteiger partial charge in [0.25, 0.3) is 5.69 Å². The molecule has 1 unspecified atom stereocenters. The zero-order chi connectivity index (χ0) is 16.7. The first kappa shape index (κ1) is 16.9. The van der Waals surface area contributed by atoms with Crippen LogP contribution in [0.2, 0.25) is 0 Å². The molecule has 0 aromatic heterocycles. The predicted octanol–water partition coefficient (Wildman–Crippen LogP) is 1.57. The molecule has 8 heteroatoms. The summed E-state index contributed by atoms with van der Waals surface area (Å²) in [6, 6.07) is 2.61. The molecule has 0 saturated carbocycles. The summed E-state index contributed by atoms with van der Waals surface area (Å²) in [5.41, 5.74) is 6.21. The number of nitro groups is 1. The average Bonchev–Trinajstić information content (AvgIpc) is 2.81. The van der Waals surface area contributed by atoms with Gasteiger partial charge in [0.2, 0.25) is 10.0 Å².